The second kappa shape index (κ2) is 6.79. The first kappa shape index (κ1) is 15.5. The smallest absolute Gasteiger partial charge is 0.122 e. The normalized spacial score (nSPS) is 12.7. The molecule has 0 aliphatic carbocycles. The first-order valence-electron chi connectivity index (χ1n) is 8.00. The minimum absolute atomic E-state index is 0.239. The fraction of sp³-hybridized carbons (Fsp3) is 0.333. The Kier molecular flexibility index (Phi) is 4.57. The van der Waals surface area contributed by atoms with Gasteiger partial charge in [0.05, 0.1) is 12.2 Å². The zero-order chi connectivity index (χ0) is 16.2. The molecule has 5 heteroatoms. The van der Waals surface area contributed by atoms with E-state index in [4.69, 9.17) is 0 Å². The van der Waals surface area contributed by atoms with Crippen LogP contribution in [-0.2, 0) is 6.54 Å². The Morgan fingerprint density at radius 1 is 1.09 bits per heavy atom. The largest absolute Gasteiger partial charge is 0.331 e. The van der Waals surface area contributed by atoms with Crippen LogP contribution in [0.1, 0.15) is 44.2 Å². The minimum Gasteiger partial charge on any atom is -0.331 e. The molecule has 0 amide bonds. The monoisotopic (exact) mass is 309 g/mol. The number of aromatic nitrogens is 4. The molecular formula is C18H23N5. The van der Waals surface area contributed by atoms with E-state index >= 15 is 0 Å². The SMILES string of the molecule is CC(C)n1ccnc1CN[C@@H](C)c1cccc(-n2cccn2)c1. The summed E-state index contributed by atoms with van der Waals surface area (Å²) in [7, 11) is 0. The molecular weight excluding hydrogens is 286 g/mol. The first-order chi connectivity index (χ1) is 11.1. The van der Waals surface area contributed by atoms with Crippen LogP contribution >= 0.6 is 0 Å². The topological polar surface area (TPSA) is 47.7 Å². The molecule has 0 saturated heterocycles. The van der Waals surface area contributed by atoms with E-state index in [0.717, 1.165) is 18.1 Å². The molecule has 5 nitrogen and oxygen atoms in total. The van der Waals surface area contributed by atoms with Gasteiger partial charge >= 0.3 is 0 Å². The van der Waals surface area contributed by atoms with Crippen molar-refractivity contribution < 1.29 is 0 Å². The van der Waals surface area contributed by atoms with Crippen LogP contribution in [0.4, 0.5) is 0 Å². The third kappa shape index (κ3) is 3.51. The highest BCUT2D eigenvalue weighted by atomic mass is 15.3. The van der Waals surface area contributed by atoms with Gasteiger partial charge in [-0.2, -0.15) is 5.10 Å². The van der Waals surface area contributed by atoms with Crippen molar-refractivity contribution >= 4 is 0 Å². The van der Waals surface area contributed by atoms with Gasteiger partial charge in [0.15, 0.2) is 0 Å². The lowest BCUT2D eigenvalue weighted by Crippen LogP contribution is -2.21. The van der Waals surface area contributed by atoms with Gasteiger partial charge in [-0.25, -0.2) is 9.67 Å². The summed E-state index contributed by atoms with van der Waals surface area (Å²) in [4.78, 5) is 4.45. The maximum atomic E-state index is 4.45. The summed E-state index contributed by atoms with van der Waals surface area (Å²) in [6.45, 7) is 7.26. The summed E-state index contributed by atoms with van der Waals surface area (Å²) in [6, 6.07) is 11.0. The molecule has 0 radical (unpaired) electrons. The van der Waals surface area contributed by atoms with Crippen LogP contribution in [0.15, 0.2) is 55.1 Å². The Hall–Kier alpha value is -2.40. The Morgan fingerprint density at radius 3 is 2.70 bits per heavy atom. The fourth-order valence-electron chi connectivity index (χ4n) is 2.67. The quantitative estimate of drug-likeness (QED) is 0.758. The fourth-order valence-corrected chi connectivity index (χ4v) is 2.67. The highest BCUT2D eigenvalue weighted by Gasteiger charge is 2.10. The van der Waals surface area contributed by atoms with Crippen molar-refractivity contribution in [1.82, 2.24) is 24.6 Å². The van der Waals surface area contributed by atoms with Gasteiger partial charge in [0.25, 0.3) is 0 Å². The molecule has 0 fully saturated rings. The van der Waals surface area contributed by atoms with Gasteiger partial charge in [-0.15, -0.1) is 0 Å². The van der Waals surface area contributed by atoms with Crippen molar-refractivity contribution in [3.63, 3.8) is 0 Å². The number of imidazole rings is 1. The Bertz CT molecular complexity index is 742. The predicted octanol–water partition coefficient (Wildman–Crippen LogP) is 3.50. The number of benzene rings is 1. The zero-order valence-corrected chi connectivity index (χ0v) is 13.8. The van der Waals surface area contributed by atoms with Crippen molar-refractivity contribution in [3.8, 4) is 5.69 Å². The molecule has 0 spiro atoms. The molecule has 0 bridgehead atoms. The third-order valence-electron chi connectivity index (χ3n) is 4.01. The number of hydrogen-bond acceptors (Lipinski definition) is 3. The summed E-state index contributed by atoms with van der Waals surface area (Å²) in [5.41, 5.74) is 2.31. The molecule has 0 aliphatic heterocycles. The lowest BCUT2D eigenvalue weighted by atomic mass is 10.1. The first-order valence-corrected chi connectivity index (χ1v) is 8.00. The maximum Gasteiger partial charge on any atom is 0.122 e. The number of rotatable bonds is 6. The molecule has 0 unspecified atom stereocenters. The van der Waals surface area contributed by atoms with Gasteiger partial charge in [-0.05, 0) is 44.5 Å². The van der Waals surface area contributed by atoms with Gasteiger partial charge in [0.1, 0.15) is 5.82 Å². The van der Waals surface area contributed by atoms with E-state index < -0.39 is 0 Å². The average molecular weight is 309 g/mol. The molecule has 0 aliphatic rings. The Morgan fingerprint density at radius 2 is 1.96 bits per heavy atom. The van der Waals surface area contributed by atoms with Crippen molar-refractivity contribution in [2.45, 2.75) is 39.4 Å². The van der Waals surface area contributed by atoms with Crippen LogP contribution in [0.25, 0.3) is 5.69 Å². The molecule has 2 heterocycles. The van der Waals surface area contributed by atoms with Gasteiger partial charge < -0.3 is 9.88 Å². The zero-order valence-electron chi connectivity index (χ0n) is 13.8. The summed E-state index contributed by atoms with van der Waals surface area (Å²) in [5, 5.41) is 7.84. The van der Waals surface area contributed by atoms with Gasteiger partial charge in [-0.1, -0.05) is 12.1 Å². The van der Waals surface area contributed by atoms with Gasteiger partial charge in [-0.3, -0.25) is 0 Å². The third-order valence-corrected chi connectivity index (χ3v) is 4.01. The van der Waals surface area contributed by atoms with Gasteiger partial charge in [0.2, 0.25) is 0 Å². The van der Waals surface area contributed by atoms with E-state index in [-0.39, 0.29) is 6.04 Å². The molecule has 120 valence electrons. The lowest BCUT2D eigenvalue weighted by Gasteiger charge is -2.17. The van der Waals surface area contributed by atoms with Crippen LogP contribution < -0.4 is 5.32 Å². The van der Waals surface area contributed by atoms with E-state index in [1.165, 1.54) is 5.56 Å². The molecule has 3 rings (SSSR count). The molecule has 0 saturated carbocycles. The van der Waals surface area contributed by atoms with Gasteiger partial charge in [0, 0.05) is 36.9 Å². The molecule has 23 heavy (non-hydrogen) atoms. The van der Waals surface area contributed by atoms with Crippen molar-refractivity contribution in [1.29, 1.82) is 0 Å². The average Bonchev–Trinajstić information content (AvgIpc) is 3.24. The number of nitrogens with one attached hydrogen (secondary N) is 1. The van der Waals surface area contributed by atoms with Crippen LogP contribution in [0, 0.1) is 0 Å². The summed E-state index contributed by atoms with van der Waals surface area (Å²) in [6.07, 6.45) is 7.64. The number of hydrogen-bond donors (Lipinski definition) is 1. The molecule has 3 aromatic rings. The molecule has 1 aromatic carbocycles. The summed E-state index contributed by atoms with van der Waals surface area (Å²) >= 11 is 0. The predicted molar refractivity (Wildman–Crippen MR) is 91.4 cm³/mol. The van der Waals surface area contributed by atoms with Crippen molar-refractivity contribution in [3.05, 3.63) is 66.5 Å². The van der Waals surface area contributed by atoms with Crippen LogP contribution in [-0.4, -0.2) is 19.3 Å². The second-order valence-electron chi connectivity index (χ2n) is 5.99. The van der Waals surface area contributed by atoms with E-state index in [9.17, 15) is 0 Å². The molecule has 1 atom stereocenters. The van der Waals surface area contributed by atoms with Crippen LogP contribution in [0.2, 0.25) is 0 Å². The Balaban J connectivity index is 1.70. The maximum absolute atomic E-state index is 4.45. The summed E-state index contributed by atoms with van der Waals surface area (Å²) < 4.78 is 4.07. The number of nitrogens with zero attached hydrogens (tertiary/aromatic N) is 4. The molecule has 2 aromatic heterocycles. The second-order valence-corrected chi connectivity index (χ2v) is 5.99. The minimum atomic E-state index is 0.239. The molecule has 1 N–H and O–H groups in total. The van der Waals surface area contributed by atoms with E-state index in [0.29, 0.717) is 6.04 Å². The lowest BCUT2D eigenvalue weighted by molar-refractivity contribution is 0.509. The van der Waals surface area contributed by atoms with Crippen molar-refractivity contribution in [2.24, 2.45) is 0 Å². The van der Waals surface area contributed by atoms with Crippen molar-refractivity contribution in [2.75, 3.05) is 0 Å². The highest BCUT2D eigenvalue weighted by molar-refractivity contribution is 5.36. The summed E-state index contributed by atoms with van der Waals surface area (Å²) in [5.74, 6) is 1.06. The van der Waals surface area contributed by atoms with E-state index in [1.54, 1.807) is 6.20 Å². The van der Waals surface area contributed by atoms with E-state index in [2.05, 4.69) is 65.0 Å². The standard InChI is InChI=1S/C18H23N5/c1-14(2)22-11-9-19-18(22)13-20-15(3)16-6-4-7-17(12-16)23-10-5-8-21-23/h4-12,14-15,20H,13H2,1-3H3/t15-/m0/s1. The van der Waals surface area contributed by atoms with E-state index in [1.807, 2.05) is 29.3 Å². The highest BCUT2D eigenvalue weighted by Crippen LogP contribution is 2.17. The Labute approximate surface area is 137 Å². The van der Waals surface area contributed by atoms with Crippen LogP contribution in [0.5, 0.6) is 0 Å². The van der Waals surface area contributed by atoms with Crippen LogP contribution in [0.3, 0.4) is 0 Å².